The van der Waals surface area contributed by atoms with Crippen molar-refractivity contribution in [2.24, 2.45) is 0 Å². The highest BCUT2D eigenvalue weighted by Gasteiger charge is 2.12. The SMILES string of the molecule is CC(O)CC(C)NC(=O)c1ccc(Cl)nn1. The van der Waals surface area contributed by atoms with E-state index >= 15 is 0 Å². The monoisotopic (exact) mass is 243 g/mol. The first-order chi connectivity index (χ1) is 7.49. The first-order valence-electron chi connectivity index (χ1n) is 4.97. The molecule has 0 radical (unpaired) electrons. The highest BCUT2D eigenvalue weighted by Crippen LogP contribution is 2.03. The van der Waals surface area contributed by atoms with Crippen molar-refractivity contribution >= 4 is 17.5 Å². The van der Waals surface area contributed by atoms with Crippen molar-refractivity contribution in [2.75, 3.05) is 0 Å². The Balaban J connectivity index is 2.55. The number of aliphatic hydroxyl groups excluding tert-OH is 1. The van der Waals surface area contributed by atoms with Gasteiger partial charge in [-0.2, -0.15) is 0 Å². The molecule has 5 nitrogen and oxygen atoms in total. The summed E-state index contributed by atoms with van der Waals surface area (Å²) in [4.78, 5) is 11.6. The van der Waals surface area contributed by atoms with Gasteiger partial charge >= 0.3 is 0 Å². The molecule has 1 amide bonds. The lowest BCUT2D eigenvalue weighted by molar-refractivity contribution is 0.0917. The van der Waals surface area contributed by atoms with Crippen LogP contribution in [0.5, 0.6) is 0 Å². The average Bonchev–Trinajstić information content (AvgIpc) is 2.16. The highest BCUT2D eigenvalue weighted by molar-refractivity contribution is 6.29. The molecule has 0 aliphatic heterocycles. The van der Waals surface area contributed by atoms with E-state index in [-0.39, 0.29) is 22.8 Å². The minimum Gasteiger partial charge on any atom is -0.393 e. The van der Waals surface area contributed by atoms with Gasteiger partial charge in [-0.1, -0.05) is 11.6 Å². The summed E-state index contributed by atoms with van der Waals surface area (Å²) >= 11 is 5.55. The molecule has 0 bridgehead atoms. The Morgan fingerprint density at radius 2 is 2.19 bits per heavy atom. The van der Waals surface area contributed by atoms with Gasteiger partial charge in [0.25, 0.3) is 5.91 Å². The molecule has 0 saturated heterocycles. The predicted molar refractivity (Wildman–Crippen MR) is 60.3 cm³/mol. The predicted octanol–water partition coefficient (Wildman–Crippen LogP) is 1.02. The van der Waals surface area contributed by atoms with E-state index in [1.807, 2.05) is 6.92 Å². The van der Waals surface area contributed by atoms with Crippen LogP contribution >= 0.6 is 11.6 Å². The Bertz CT molecular complexity index is 354. The van der Waals surface area contributed by atoms with Gasteiger partial charge in [-0.3, -0.25) is 4.79 Å². The Morgan fingerprint density at radius 3 is 2.69 bits per heavy atom. The molecule has 1 heterocycles. The molecule has 0 aromatic carbocycles. The Hall–Kier alpha value is -1.20. The molecule has 0 spiro atoms. The number of hydrogen-bond donors (Lipinski definition) is 2. The van der Waals surface area contributed by atoms with E-state index in [0.717, 1.165) is 0 Å². The molecule has 2 atom stereocenters. The van der Waals surface area contributed by atoms with Gasteiger partial charge < -0.3 is 10.4 Å². The molecule has 0 aliphatic carbocycles. The van der Waals surface area contributed by atoms with Crippen molar-refractivity contribution in [3.63, 3.8) is 0 Å². The van der Waals surface area contributed by atoms with Crippen LogP contribution in [0, 0.1) is 0 Å². The number of nitrogens with one attached hydrogen (secondary N) is 1. The van der Waals surface area contributed by atoms with Crippen LogP contribution in [0.3, 0.4) is 0 Å². The smallest absolute Gasteiger partial charge is 0.272 e. The van der Waals surface area contributed by atoms with E-state index in [1.165, 1.54) is 12.1 Å². The second kappa shape index (κ2) is 5.77. The minimum atomic E-state index is -0.452. The fraction of sp³-hybridized carbons (Fsp3) is 0.500. The van der Waals surface area contributed by atoms with Crippen LogP contribution in [-0.2, 0) is 0 Å². The molecule has 2 unspecified atom stereocenters. The van der Waals surface area contributed by atoms with Gasteiger partial charge in [0, 0.05) is 6.04 Å². The zero-order chi connectivity index (χ0) is 12.1. The normalized spacial score (nSPS) is 14.2. The number of hydrogen-bond acceptors (Lipinski definition) is 4. The zero-order valence-electron chi connectivity index (χ0n) is 9.14. The van der Waals surface area contributed by atoms with E-state index in [4.69, 9.17) is 16.7 Å². The third-order valence-electron chi connectivity index (χ3n) is 1.94. The maximum absolute atomic E-state index is 11.6. The van der Waals surface area contributed by atoms with Crippen molar-refractivity contribution in [3.8, 4) is 0 Å². The number of carbonyl (C=O) groups is 1. The highest BCUT2D eigenvalue weighted by atomic mass is 35.5. The number of aliphatic hydroxyl groups is 1. The van der Waals surface area contributed by atoms with Crippen LogP contribution < -0.4 is 5.32 Å². The van der Waals surface area contributed by atoms with Crippen LogP contribution in [0.4, 0.5) is 0 Å². The molecule has 6 heteroatoms. The van der Waals surface area contributed by atoms with E-state index in [0.29, 0.717) is 6.42 Å². The number of nitrogens with zero attached hydrogens (tertiary/aromatic N) is 2. The van der Waals surface area contributed by atoms with Gasteiger partial charge in [0.05, 0.1) is 6.10 Å². The molecule has 1 aromatic rings. The van der Waals surface area contributed by atoms with Gasteiger partial charge in [-0.05, 0) is 32.4 Å². The quantitative estimate of drug-likeness (QED) is 0.828. The Labute approximate surface area is 98.8 Å². The molecule has 0 aliphatic rings. The van der Waals surface area contributed by atoms with Crippen molar-refractivity contribution in [2.45, 2.75) is 32.4 Å². The molecular weight excluding hydrogens is 230 g/mol. The first kappa shape index (κ1) is 12.9. The molecule has 0 fully saturated rings. The van der Waals surface area contributed by atoms with Crippen molar-refractivity contribution in [1.82, 2.24) is 15.5 Å². The second-order valence-corrected chi connectivity index (χ2v) is 4.09. The first-order valence-corrected chi connectivity index (χ1v) is 5.35. The summed E-state index contributed by atoms with van der Waals surface area (Å²) < 4.78 is 0. The summed E-state index contributed by atoms with van der Waals surface area (Å²) in [5, 5.41) is 19.3. The fourth-order valence-electron chi connectivity index (χ4n) is 1.31. The maximum atomic E-state index is 11.6. The van der Waals surface area contributed by atoms with E-state index in [1.54, 1.807) is 6.92 Å². The van der Waals surface area contributed by atoms with Crippen molar-refractivity contribution < 1.29 is 9.90 Å². The van der Waals surface area contributed by atoms with E-state index in [2.05, 4.69) is 15.5 Å². The zero-order valence-corrected chi connectivity index (χ0v) is 9.90. The molecule has 16 heavy (non-hydrogen) atoms. The van der Waals surface area contributed by atoms with Crippen molar-refractivity contribution in [3.05, 3.63) is 23.0 Å². The number of aromatic nitrogens is 2. The lowest BCUT2D eigenvalue weighted by atomic mass is 10.1. The lowest BCUT2D eigenvalue weighted by Gasteiger charge is -2.14. The van der Waals surface area contributed by atoms with Crippen molar-refractivity contribution in [1.29, 1.82) is 0 Å². The topological polar surface area (TPSA) is 75.1 Å². The van der Waals surface area contributed by atoms with Gasteiger partial charge in [0.2, 0.25) is 0 Å². The van der Waals surface area contributed by atoms with Crippen LogP contribution in [0.2, 0.25) is 5.15 Å². The Morgan fingerprint density at radius 1 is 1.50 bits per heavy atom. The third-order valence-corrected chi connectivity index (χ3v) is 2.14. The Kier molecular flexibility index (Phi) is 4.64. The van der Waals surface area contributed by atoms with Gasteiger partial charge in [-0.15, -0.1) is 10.2 Å². The second-order valence-electron chi connectivity index (χ2n) is 3.70. The van der Waals surface area contributed by atoms with Crippen LogP contribution in [0.1, 0.15) is 30.8 Å². The summed E-state index contributed by atoms with van der Waals surface area (Å²) in [7, 11) is 0. The number of carbonyl (C=O) groups excluding carboxylic acids is 1. The number of rotatable bonds is 4. The molecule has 88 valence electrons. The van der Waals surface area contributed by atoms with Crippen LogP contribution in [0.25, 0.3) is 0 Å². The standard InChI is InChI=1S/C10H14ClN3O2/c1-6(5-7(2)15)12-10(16)8-3-4-9(11)14-13-8/h3-4,6-7,15H,5H2,1-2H3,(H,12,16). The van der Waals surface area contributed by atoms with Gasteiger partial charge in [0.1, 0.15) is 0 Å². The molecule has 1 rings (SSSR count). The fourth-order valence-corrected chi connectivity index (χ4v) is 1.41. The summed E-state index contributed by atoms with van der Waals surface area (Å²) in [6.07, 6.45) is 0.0406. The van der Waals surface area contributed by atoms with Crippen LogP contribution in [-0.4, -0.2) is 33.4 Å². The molecule has 0 saturated carbocycles. The number of halogens is 1. The maximum Gasteiger partial charge on any atom is 0.272 e. The van der Waals surface area contributed by atoms with Gasteiger partial charge in [0.15, 0.2) is 10.8 Å². The molecule has 2 N–H and O–H groups in total. The largest absolute Gasteiger partial charge is 0.393 e. The minimum absolute atomic E-state index is 0.120. The van der Waals surface area contributed by atoms with E-state index in [9.17, 15) is 4.79 Å². The van der Waals surface area contributed by atoms with Crippen LogP contribution in [0.15, 0.2) is 12.1 Å². The summed E-state index contributed by atoms with van der Waals surface area (Å²) in [5.41, 5.74) is 0.210. The summed E-state index contributed by atoms with van der Waals surface area (Å²) in [5.74, 6) is -0.322. The lowest BCUT2D eigenvalue weighted by Crippen LogP contribution is -2.35. The summed E-state index contributed by atoms with van der Waals surface area (Å²) in [6.45, 7) is 3.48. The van der Waals surface area contributed by atoms with E-state index < -0.39 is 6.10 Å². The molecule has 1 aromatic heterocycles. The third kappa shape index (κ3) is 4.12. The average molecular weight is 244 g/mol. The number of amides is 1. The van der Waals surface area contributed by atoms with Gasteiger partial charge in [-0.25, -0.2) is 0 Å². The summed E-state index contributed by atoms with van der Waals surface area (Å²) in [6, 6.07) is 2.88. The molecular formula is C10H14ClN3O2.